The standard InChI is InChI=1S/C19H28N2O2/c1-2-13-12-21-9-7-14(13)11-17(21)18-19(23,8-10-22)15-5-3-4-6-16(15)20-18/h3-6,13-14,17-18,20,22-23H,2,7-12H2,1H3. The molecular weight excluding hydrogens is 288 g/mol. The summed E-state index contributed by atoms with van der Waals surface area (Å²) < 4.78 is 0. The lowest BCUT2D eigenvalue weighted by atomic mass is 9.70. The topological polar surface area (TPSA) is 55.7 Å². The molecule has 4 aliphatic heterocycles. The van der Waals surface area contributed by atoms with Gasteiger partial charge in [-0.15, -0.1) is 0 Å². The smallest absolute Gasteiger partial charge is 0.115 e. The molecule has 4 nitrogen and oxygen atoms in total. The zero-order chi connectivity index (χ0) is 16.0. The van der Waals surface area contributed by atoms with Gasteiger partial charge in [0, 0.05) is 36.9 Å². The monoisotopic (exact) mass is 316 g/mol. The number of piperidine rings is 3. The van der Waals surface area contributed by atoms with Crippen LogP contribution >= 0.6 is 0 Å². The van der Waals surface area contributed by atoms with E-state index in [2.05, 4.69) is 17.1 Å². The molecule has 1 aromatic carbocycles. The molecule has 2 bridgehead atoms. The fraction of sp³-hybridized carbons (Fsp3) is 0.684. The van der Waals surface area contributed by atoms with E-state index in [1.807, 2.05) is 24.3 Å². The number of fused-ring (bicyclic) bond motifs is 4. The number of para-hydroxylation sites is 1. The van der Waals surface area contributed by atoms with Crippen LogP contribution in [0.25, 0.3) is 0 Å². The summed E-state index contributed by atoms with van der Waals surface area (Å²) in [6, 6.07) is 8.37. The Bertz CT molecular complexity index is 578. The molecule has 4 heterocycles. The number of hydrogen-bond donors (Lipinski definition) is 3. The Hall–Kier alpha value is -1.10. The summed E-state index contributed by atoms with van der Waals surface area (Å²) in [5.74, 6) is 1.61. The molecule has 6 atom stereocenters. The van der Waals surface area contributed by atoms with Crippen molar-refractivity contribution in [3.05, 3.63) is 29.8 Å². The minimum absolute atomic E-state index is 0.0107. The van der Waals surface area contributed by atoms with Crippen molar-refractivity contribution >= 4 is 5.69 Å². The van der Waals surface area contributed by atoms with E-state index in [0.717, 1.165) is 42.6 Å². The average molecular weight is 316 g/mol. The molecule has 23 heavy (non-hydrogen) atoms. The fourth-order valence-electron chi connectivity index (χ4n) is 5.31. The first-order chi connectivity index (χ1) is 11.2. The molecule has 0 aromatic heterocycles. The van der Waals surface area contributed by atoms with Gasteiger partial charge in [0.25, 0.3) is 0 Å². The van der Waals surface area contributed by atoms with Gasteiger partial charge in [0.15, 0.2) is 0 Å². The van der Waals surface area contributed by atoms with E-state index in [4.69, 9.17) is 0 Å². The normalized spacial score (nSPS) is 41.6. The third kappa shape index (κ3) is 2.31. The number of rotatable bonds is 4. The second kappa shape index (κ2) is 5.76. The number of aliphatic hydroxyl groups excluding tert-OH is 1. The van der Waals surface area contributed by atoms with E-state index in [-0.39, 0.29) is 12.6 Å². The molecule has 4 aliphatic rings. The quantitative estimate of drug-likeness (QED) is 0.797. The van der Waals surface area contributed by atoms with Crippen LogP contribution in [-0.4, -0.2) is 46.9 Å². The first-order valence-electron chi connectivity index (χ1n) is 9.10. The maximum Gasteiger partial charge on any atom is 0.115 e. The van der Waals surface area contributed by atoms with E-state index < -0.39 is 5.60 Å². The van der Waals surface area contributed by atoms with Gasteiger partial charge in [-0.05, 0) is 37.3 Å². The van der Waals surface area contributed by atoms with Crippen molar-refractivity contribution in [1.29, 1.82) is 0 Å². The summed E-state index contributed by atoms with van der Waals surface area (Å²) in [6.45, 7) is 4.62. The van der Waals surface area contributed by atoms with Crippen LogP contribution in [0.15, 0.2) is 24.3 Å². The average Bonchev–Trinajstić information content (AvgIpc) is 2.88. The number of aliphatic hydroxyl groups is 2. The highest BCUT2D eigenvalue weighted by atomic mass is 16.3. The highest BCUT2D eigenvalue weighted by Crippen LogP contribution is 2.48. The van der Waals surface area contributed by atoms with E-state index in [1.54, 1.807) is 0 Å². The summed E-state index contributed by atoms with van der Waals surface area (Å²) >= 11 is 0. The molecule has 0 radical (unpaired) electrons. The zero-order valence-electron chi connectivity index (χ0n) is 13.9. The molecule has 5 rings (SSSR count). The van der Waals surface area contributed by atoms with Gasteiger partial charge in [0.2, 0.25) is 0 Å². The van der Waals surface area contributed by atoms with Gasteiger partial charge in [-0.3, -0.25) is 4.90 Å². The second-order valence-corrected chi connectivity index (χ2v) is 7.58. The number of hydrogen-bond acceptors (Lipinski definition) is 4. The van der Waals surface area contributed by atoms with Gasteiger partial charge >= 0.3 is 0 Å². The second-order valence-electron chi connectivity index (χ2n) is 7.58. The largest absolute Gasteiger partial charge is 0.396 e. The number of benzene rings is 1. The van der Waals surface area contributed by atoms with Crippen molar-refractivity contribution in [2.75, 3.05) is 25.0 Å². The predicted molar refractivity (Wildman–Crippen MR) is 91.3 cm³/mol. The minimum Gasteiger partial charge on any atom is -0.396 e. The van der Waals surface area contributed by atoms with E-state index in [9.17, 15) is 10.2 Å². The lowest BCUT2D eigenvalue weighted by molar-refractivity contribution is -0.0687. The van der Waals surface area contributed by atoms with Gasteiger partial charge < -0.3 is 15.5 Å². The lowest BCUT2D eigenvalue weighted by Crippen LogP contribution is -2.62. The molecule has 6 unspecified atom stereocenters. The molecule has 3 fully saturated rings. The highest BCUT2D eigenvalue weighted by molar-refractivity contribution is 5.61. The third-order valence-electron chi connectivity index (χ3n) is 6.56. The van der Waals surface area contributed by atoms with Crippen molar-refractivity contribution in [3.8, 4) is 0 Å². The van der Waals surface area contributed by atoms with E-state index in [1.165, 1.54) is 12.8 Å². The molecule has 4 heteroatoms. The van der Waals surface area contributed by atoms with Crippen LogP contribution in [0.2, 0.25) is 0 Å². The van der Waals surface area contributed by atoms with E-state index >= 15 is 0 Å². The van der Waals surface area contributed by atoms with E-state index in [0.29, 0.717) is 12.5 Å². The Morgan fingerprint density at radius 3 is 2.87 bits per heavy atom. The molecule has 3 N–H and O–H groups in total. The maximum absolute atomic E-state index is 11.5. The summed E-state index contributed by atoms with van der Waals surface area (Å²) in [7, 11) is 0. The van der Waals surface area contributed by atoms with Gasteiger partial charge in [-0.2, -0.15) is 0 Å². The fourth-order valence-corrected chi connectivity index (χ4v) is 5.31. The number of nitrogens with one attached hydrogen (secondary N) is 1. The third-order valence-corrected chi connectivity index (χ3v) is 6.56. The van der Waals surface area contributed by atoms with Crippen LogP contribution in [0.3, 0.4) is 0 Å². The molecule has 126 valence electrons. The van der Waals surface area contributed by atoms with Crippen LogP contribution in [-0.2, 0) is 5.60 Å². The summed E-state index contributed by atoms with van der Waals surface area (Å²) in [6.07, 6.45) is 4.12. The Kier molecular flexibility index (Phi) is 3.87. The van der Waals surface area contributed by atoms with Gasteiger partial charge in [0.05, 0.1) is 6.04 Å². The van der Waals surface area contributed by atoms with Crippen molar-refractivity contribution in [2.24, 2.45) is 11.8 Å². The lowest BCUT2D eigenvalue weighted by Gasteiger charge is -2.53. The van der Waals surface area contributed by atoms with Crippen LogP contribution in [0.4, 0.5) is 5.69 Å². The van der Waals surface area contributed by atoms with Gasteiger partial charge in [-0.1, -0.05) is 31.5 Å². The highest BCUT2D eigenvalue weighted by Gasteiger charge is 2.53. The zero-order valence-corrected chi connectivity index (χ0v) is 13.9. The van der Waals surface area contributed by atoms with Gasteiger partial charge in [0.1, 0.15) is 5.60 Å². The van der Waals surface area contributed by atoms with Gasteiger partial charge in [-0.25, -0.2) is 0 Å². The maximum atomic E-state index is 11.5. The predicted octanol–water partition coefficient (Wildman–Crippen LogP) is 2.17. The molecular formula is C19H28N2O2. The van der Waals surface area contributed by atoms with Crippen LogP contribution < -0.4 is 5.32 Å². The Labute approximate surface area is 138 Å². The SMILES string of the molecule is CCC1CN2CCC1CC2C1Nc2ccccc2C1(O)CCO. The van der Waals surface area contributed by atoms with Crippen molar-refractivity contribution < 1.29 is 10.2 Å². The molecule has 0 aliphatic carbocycles. The molecule has 3 saturated heterocycles. The molecule has 0 saturated carbocycles. The molecule has 0 amide bonds. The summed E-state index contributed by atoms with van der Waals surface area (Å²) in [4.78, 5) is 2.58. The van der Waals surface area contributed by atoms with Crippen LogP contribution in [0.5, 0.6) is 0 Å². The van der Waals surface area contributed by atoms with Crippen LogP contribution in [0, 0.1) is 11.8 Å². The summed E-state index contributed by atoms with van der Waals surface area (Å²) in [5, 5.41) is 24.6. The Morgan fingerprint density at radius 2 is 2.17 bits per heavy atom. The number of anilines is 1. The molecule has 1 aromatic rings. The first-order valence-corrected chi connectivity index (χ1v) is 9.10. The summed E-state index contributed by atoms with van der Waals surface area (Å²) in [5.41, 5.74) is 1.02. The van der Waals surface area contributed by atoms with Crippen molar-refractivity contribution in [1.82, 2.24) is 4.90 Å². The number of nitrogens with zero attached hydrogens (tertiary/aromatic N) is 1. The van der Waals surface area contributed by atoms with Crippen molar-refractivity contribution in [3.63, 3.8) is 0 Å². The van der Waals surface area contributed by atoms with Crippen LogP contribution in [0.1, 0.15) is 38.2 Å². The van der Waals surface area contributed by atoms with Crippen molar-refractivity contribution in [2.45, 2.75) is 50.3 Å². The first kappa shape index (κ1) is 15.4. The molecule has 0 spiro atoms. The Morgan fingerprint density at radius 1 is 1.35 bits per heavy atom. The minimum atomic E-state index is -0.963. The Balaban J connectivity index is 1.65.